The van der Waals surface area contributed by atoms with E-state index >= 15 is 0 Å². The van der Waals surface area contributed by atoms with Gasteiger partial charge in [0, 0.05) is 25.0 Å². The SMILES string of the molecule is CC1(C)CCCN1S(=O)(=O)c1cnn2c1OCCC2. The molecular formula is C12H19N3O3S. The molecule has 2 aliphatic heterocycles. The number of nitrogens with zero attached hydrogens (tertiary/aromatic N) is 3. The quantitative estimate of drug-likeness (QED) is 0.820. The van der Waals surface area contributed by atoms with Crippen LogP contribution in [0, 0.1) is 0 Å². The fraction of sp³-hybridized carbons (Fsp3) is 0.750. The lowest BCUT2D eigenvalue weighted by Gasteiger charge is -2.30. The van der Waals surface area contributed by atoms with Gasteiger partial charge in [-0.05, 0) is 26.7 Å². The van der Waals surface area contributed by atoms with Gasteiger partial charge in [0.05, 0.1) is 12.8 Å². The second kappa shape index (κ2) is 4.21. The molecule has 106 valence electrons. The van der Waals surface area contributed by atoms with E-state index in [1.807, 2.05) is 13.8 Å². The molecule has 0 aliphatic carbocycles. The Morgan fingerprint density at radius 3 is 2.79 bits per heavy atom. The van der Waals surface area contributed by atoms with E-state index in [1.54, 1.807) is 8.99 Å². The molecule has 1 fully saturated rings. The molecule has 2 aliphatic rings. The van der Waals surface area contributed by atoms with Crippen LogP contribution in [0.25, 0.3) is 0 Å². The van der Waals surface area contributed by atoms with Gasteiger partial charge in [-0.1, -0.05) is 0 Å². The smallest absolute Gasteiger partial charge is 0.250 e. The molecule has 3 rings (SSSR count). The first kappa shape index (κ1) is 12.9. The van der Waals surface area contributed by atoms with Crippen LogP contribution < -0.4 is 4.74 Å². The number of hydrogen-bond acceptors (Lipinski definition) is 4. The third kappa shape index (κ3) is 1.95. The Hall–Kier alpha value is -1.08. The summed E-state index contributed by atoms with van der Waals surface area (Å²) in [6.45, 7) is 5.77. The first-order valence-corrected chi connectivity index (χ1v) is 8.08. The van der Waals surface area contributed by atoms with Gasteiger partial charge in [-0.15, -0.1) is 0 Å². The summed E-state index contributed by atoms with van der Waals surface area (Å²) < 4.78 is 34.3. The lowest BCUT2D eigenvalue weighted by atomic mass is 10.0. The van der Waals surface area contributed by atoms with E-state index in [1.165, 1.54) is 6.20 Å². The summed E-state index contributed by atoms with van der Waals surface area (Å²) in [5, 5.41) is 4.13. The fourth-order valence-corrected chi connectivity index (χ4v) is 4.78. The molecule has 3 heterocycles. The van der Waals surface area contributed by atoms with Crippen molar-refractivity contribution in [3.63, 3.8) is 0 Å². The Bertz CT molecular complexity index is 591. The molecule has 0 bridgehead atoms. The van der Waals surface area contributed by atoms with Gasteiger partial charge in [-0.2, -0.15) is 9.40 Å². The predicted octanol–water partition coefficient (Wildman–Crippen LogP) is 1.23. The molecular weight excluding hydrogens is 266 g/mol. The maximum atomic E-state index is 12.8. The van der Waals surface area contributed by atoms with E-state index < -0.39 is 10.0 Å². The zero-order valence-electron chi connectivity index (χ0n) is 11.3. The van der Waals surface area contributed by atoms with Crippen molar-refractivity contribution in [2.45, 2.75) is 50.1 Å². The van der Waals surface area contributed by atoms with Crippen LogP contribution in [0.5, 0.6) is 5.88 Å². The maximum Gasteiger partial charge on any atom is 0.250 e. The van der Waals surface area contributed by atoms with Crippen molar-refractivity contribution < 1.29 is 13.2 Å². The third-order valence-electron chi connectivity index (χ3n) is 3.91. The van der Waals surface area contributed by atoms with Crippen molar-refractivity contribution in [2.75, 3.05) is 13.2 Å². The fourth-order valence-electron chi connectivity index (χ4n) is 2.87. The van der Waals surface area contributed by atoms with E-state index in [9.17, 15) is 8.42 Å². The van der Waals surface area contributed by atoms with E-state index in [4.69, 9.17) is 4.74 Å². The molecule has 1 aromatic heterocycles. The largest absolute Gasteiger partial charge is 0.477 e. The standard InChI is InChI=1S/C12H19N3O3S/c1-12(2)5-3-7-15(12)19(16,17)10-9-13-14-6-4-8-18-11(10)14/h9H,3-8H2,1-2H3. The Morgan fingerprint density at radius 2 is 2.11 bits per heavy atom. The van der Waals surface area contributed by atoms with Gasteiger partial charge in [0.15, 0.2) is 4.90 Å². The van der Waals surface area contributed by atoms with Crippen molar-refractivity contribution in [3.8, 4) is 5.88 Å². The van der Waals surface area contributed by atoms with Crippen LogP contribution in [-0.2, 0) is 16.6 Å². The molecule has 0 amide bonds. The van der Waals surface area contributed by atoms with Crippen molar-refractivity contribution in [3.05, 3.63) is 6.20 Å². The average molecular weight is 285 g/mol. The minimum absolute atomic E-state index is 0.210. The molecule has 0 aromatic carbocycles. The maximum absolute atomic E-state index is 12.8. The summed E-state index contributed by atoms with van der Waals surface area (Å²) >= 11 is 0. The monoisotopic (exact) mass is 285 g/mol. The van der Waals surface area contributed by atoms with Gasteiger partial charge in [-0.25, -0.2) is 13.1 Å². The van der Waals surface area contributed by atoms with Crippen LogP contribution in [0.3, 0.4) is 0 Å². The van der Waals surface area contributed by atoms with E-state index in [0.717, 1.165) is 19.3 Å². The number of aromatic nitrogens is 2. The van der Waals surface area contributed by atoms with Crippen LogP contribution in [0.1, 0.15) is 33.1 Å². The second-order valence-corrected chi connectivity index (χ2v) is 7.56. The van der Waals surface area contributed by atoms with E-state index in [0.29, 0.717) is 25.6 Å². The number of aryl methyl sites for hydroxylation is 1. The Morgan fingerprint density at radius 1 is 1.32 bits per heavy atom. The molecule has 0 unspecified atom stereocenters. The highest BCUT2D eigenvalue weighted by atomic mass is 32.2. The summed E-state index contributed by atoms with van der Waals surface area (Å²) in [5.74, 6) is 0.397. The molecule has 0 saturated carbocycles. The van der Waals surface area contributed by atoms with Crippen molar-refractivity contribution in [1.29, 1.82) is 0 Å². The summed E-state index contributed by atoms with van der Waals surface area (Å²) in [7, 11) is -3.52. The average Bonchev–Trinajstić information content (AvgIpc) is 2.92. The number of hydrogen-bond donors (Lipinski definition) is 0. The van der Waals surface area contributed by atoms with Crippen LogP contribution in [0.4, 0.5) is 0 Å². The molecule has 0 radical (unpaired) electrons. The Labute approximate surface area is 113 Å². The summed E-state index contributed by atoms with van der Waals surface area (Å²) in [6.07, 6.45) is 4.07. The third-order valence-corrected chi connectivity index (χ3v) is 6.00. The van der Waals surface area contributed by atoms with Gasteiger partial charge in [0.2, 0.25) is 5.88 Å². The van der Waals surface area contributed by atoms with Gasteiger partial charge < -0.3 is 4.74 Å². The first-order valence-electron chi connectivity index (χ1n) is 6.64. The summed E-state index contributed by atoms with van der Waals surface area (Å²) in [4.78, 5) is 0.210. The minimum atomic E-state index is -3.52. The van der Waals surface area contributed by atoms with Gasteiger partial charge in [0.25, 0.3) is 10.0 Å². The molecule has 7 heteroatoms. The van der Waals surface area contributed by atoms with Crippen LogP contribution >= 0.6 is 0 Å². The molecule has 19 heavy (non-hydrogen) atoms. The molecule has 0 spiro atoms. The minimum Gasteiger partial charge on any atom is -0.477 e. The molecule has 0 N–H and O–H groups in total. The van der Waals surface area contributed by atoms with Crippen LogP contribution in [0.2, 0.25) is 0 Å². The van der Waals surface area contributed by atoms with Crippen molar-refractivity contribution in [2.24, 2.45) is 0 Å². The predicted molar refractivity (Wildman–Crippen MR) is 69.5 cm³/mol. The summed E-state index contributed by atoms with van der Waals surface area (Å²) in [5.41, 5.74) is -0.331. The number of sulfonamides is 1. The molecule has 1 saturated heterocycles. The number of ether oxygens (including phenoxy) is 1. The zero-order chi connectivity index (χ0) is 13.7. The Kier molecular flexibility index (Phi) is 2.86. The normalized spacial score (nSPS) is 23.1. The van der Waals surface area contributed by atoms with Gasteiger partial charge in [-0.3, -0.25) is 0 Å². The van der Waals surface area contributed by atoms with Crippen LogP contribution in [-0.4, -0.2) is 41.2 Å². The second-order valence-electron chi connectivity index (χ2n) is 5.73. The lowest BCUT2D eigenvalue weighted by molar-refractivity contribution is 0.223. The highest BCUT2D eigenvalue weighted by Gasteiger charge is 2.43. The molecule has 0 atom stereocenters. The zero-order valence-corrected chi connectivity index (χ0v) is 12.1. The highest BCUT2D eigenvalue weighted by Crippen LogP contribution is 2.37. The molecule has 1 aromatic rings. The topological polar surface area (TPSA) is 64.4 Å². The highest BCUT2D eigenvalue weighted by molar-refractivity contribution is 7.89. The molecule has 6 nitrogen and oxygen atoms in total. The Balaban J connectivity index is 2.03. The van der Waals surface area contributed by atoms with Gasteiger partial charge >= 0.3 is 0 Å². The van der Waals surface area contributed by atoms with Crippen LogP contribution in [0.15, 0.2) is 11.1 Å². The van der Waals surface area contributed by atoms with Crippen molar-refractivity contribution >= 4 is 10.0 Å². The lowest BCUT2D eigenvalue weighted by Crippen LogP contribution is -2.42. The number of fused-ring (bicyclic) bond motifs is 1. The van der Waals surface area contributed by atoms with E-state index in [-0.39, 0.29) is 10.4 Å². The first-order chi connectivity index (χ1) is 8.93. The van der Waals surface area contributed by atoms with Gasteiger partial charge in [0.1, 0.15) is 0 Å². The summed E-state index contributed by atoms with van der Waals surface area (Å²) in [6, 6.07) is 0. The van der Waals surface area contributed by atoms with E-state index in [2.05, 4.69) is 5.10 Å². The van der Waals surface area contributed by atoms with Crippen molar-refractivity contribution in [1.82, 2.24) is 14.1 Å². The number of rotatable bonds is 2.